The first-order valence-corrected chi connectivity index (χ1v) is 4.10. The molecule has 0 atom stereocenters. The number of hydrogen-bond acceptors (Lipinski definition) is 2. The van der Waals surface area contributed by atoms with Crippen LogP contribution in [0.4, 0.5) is 5.69 Å². The lowest BCUT2D eigenvalue weighted by Crippen LogP contribution is -1.90. The molecule has 2 nitrogen and oxygen atoms in total. The topological polar surface area (TPSA) is 35.2 Å². The van der Waals surface area contributed by atoms with E-state index in [0.717, 1.165) is 4.47 Å². The lowest BCUT2D eigenvalue weighted by atomic mass is 10.3. The van der Waals surface area contributed by atoms with Crippen LogP contribution >= 0.6 is 27.5 Å². The molecule has 60 valence electrons. The minimum absolute atomic E-state index is 0.454. The molecule has 0 aliphatic carbocycles. The Hall–Kier alpha value is -0.410. The Morgan fingerprint density at radius 3 is 2.73 bits per heavy atom. The van der Waals surface area contributed by atoms with Crippen LogP contribution < -0.4 is 10.5 Å². The van der Waals surface area contributed by atoms with Gasteiger partial charge in [-0.3, -0.25) is 0 Å². The molecule has 11 heavy (non-hydrogen) atoms. The van der Waals surface area contributed by atoms with Crippen LogP contribution in [0.5, 0.6) is 5.75 Å². The number of anilines is 1. The van der Waals surface area contributed by atoms with Crippen molar-refractivity contribution in [3.05, 3.63) is 21.6 Å². The summed E-state index contributed by atoms with van der Waals surface area (Å²) in [5.41, 5.74) is 6.07. The predicted octanol–water partition coefficient (Wildman–Crippen LogP) is 2.69. The second-order valence-electron chi connectivity index (χ2n) is 2.01. The summed E-state index contributed by atoms with van der Waals surface area (Å²) in [7, 11) is 1.55. The molecule has 0 bridgehead atoms. The predicted molar refractivity (Wildman–Crippen MR) is 50.1 cm³/mol. The highest BCUT2D eigenvalue weighted by Crippen LogP contribution is 2.33. The van der Waals surface area contributed by atoms with Crippen LogP contribution in [0.25, 0.3) is 0 Å². The summed E-state index contributed by atoms with van der Waals surface area (Å²) in [6.45, 7) is 0. The maximum atomic E-state index is 5.79. The molecule has 4 heteroatoms. The first kappa shape index (κ1) is 8.68. The fraction of sp³-hybridized carbons (Fsp3) is 0.143. The van der Waals surface area contributed by atoms with E-state index in [1.807, 2.05) is 0 Å². The second kappa shape index (κ2) is 3.32. The Balaban J connectivity index is 3.24. The molecule has 1 aromatic carbocycles. The molecule has 0 radical (unpaired) electrons. The molecule has 1 aromatic rings. The van der Waals surface area contributed by atoms with Crippen molar-refractivity contribution < 1.29 is 4.74 Å². The lowest BCUT2D eigenvalue weighted by Gasteiger charge is -2.05. The van der Waals surface area contributed by atoms with Gasteiger partial charge in [0.25, 0.3) is 0 Å². The Labute approximate surface area is 78.4 Å². The van der Waals surface area contributed by atoms with Gasteiger partial charge in [-0.15, -0.1) is 0 Å². The van der Waals surface area contributed by atoms with Crippen LogP contribution in [0.2, 0.25) is 5.02 Å². The van der Waals surface area contributed by atoms with Gasteiger partial charge in [0.2, 0.25) is 0 Å². The van der Waals surface area contributed by atoms with Gasteiger partial charge in [0, 0.05) is 4.47 Å². The average molecular weight is 236 g/mol. The summed E-state index contributed by atoms with van der Waals surface area (Å²) in [6.07, 6.45) is 0. The van der Waals surface area contributed by atoms with Gasteiger partial charge in [0.05, 0.1) is 12.8 Å². The molecule has 0 spiro atoms. The van der Waals surface area contributed by atoms with Crippen molar-refractivity contribution in [3.63, 3.8) is 0 Å². The summed E-state index contributed by atoms with van der Waals surface area (Å²) < 4.78 is 5.82. The van der Waals surface area contributed by atoms with Crippen molar-refractivity contribution in [2.75, 3.05) is 12.8 Å². The molecule has 0 amide bonds. The maximum Gasteiger partial charge on any atom is 0.140 e. The van der Waals surface area contributed by atoms with Crippen molar-refractivity contribution in [1.29, 1.82) is 0 Å². The van der Waals surface area contributed by atoms with Crippen LogP contribution in [0, 0.1) is 0 Å². The first-order chi connectivity index (χ1) is 5.15. The third-order valence-corrected chi connectivity index (χ3v) is 2.11. The monoisotopic (exact) mass is 235 g/mol. The summed E-state index contributed by atoms with van der Waals surface area (Å²) >= 11 is 9.06. The lowest BCUT2D eigenvalue weighted by molar-refractivity contribution is 0.415. The molecule has 0 saturated heterocycles. The molecule has 1 rings (SSSR count). The standard InChI is InChI=1S/C7H7BrClNO/c1-11-6-3-4(8)2-5(10)7(6)9/h2-3H,10H2,1H3. The molecule has 0 saturated carbocycles. The molecule has 0 aromatic heterocycles. The highest BCUT2D eigenvalue weighted by Gasteiger charge is 2.04. The molecular weight excluding hydrogens is 229 g/mol. The van der Waals surface area contributed by atoms with E-state index in [-0.39, 0.29) is 0 Å². The largest absolute Gasteiger partial charge is 0.495 e. The molecule has 0 aliphatic rings. The summed E-state index contributed by atoms with van der Waals surface area (Å²) in [5, 5.41) is 0.454. The van der Waals surface area contributed by atoms with Gasteiger partial charge in [-0.1, -0.05) is 27.5 Å². The zero-order valence-electron chi connectivity index (χ0n) is 5.90. The number of nitrogen functional groups attached to an aromatic ring is 1. The Morgan fingerprint density at radius 2 is 2.18 bits per heavy atom. The van der Waals surface area contributed by atoms with E-state index in [9.17, 15) is 0 Å². The van der Waals surface area contributed by atoms with Crippen LogP contribution in [0.15, 0.2) is 16.6 Å². The third kappa shape index (κ3) is 1.79. The molecule has 0 heterocycles. The molecule has 2 N–H and O–H groups in total. The minimum Gasteiger partial charge on any atom is -0.495 e. The highest BCUT2D eigenvalue weighted by molar-refractivity contribution is 9.10. The number of benzene rings is 1. The number of methoxy groups -OCH3 is 1. The number of halogens is 2. The zero-order chi connectivity index (χ0) is 8.43. The van der Waals surface area contributed by atoms with Crippen molar-refractivity contribution in [2.45, 2.75) is 0 Å². The number of rotatable bonds is 1. The van der Waals surface area contributed by atoms with Crippen LogP contribution in [-0.2, 0) is 0 Å². The van der Waals surface area contributed by atoms with Gasteiger partial charge in [-0.2, -0.15) is 0 Å². The van der Waals surface area contributed by atoms with Gasteiger partial charge in [-0.05, 0) is 12.1 Å². The second-order valence-corrected chi connectivity index (χ2v) is 3.30. The zero-order valence-corrected chi connectivity index (χ0v) is 8.24. The van der Waals surface area contributed by atoms with Crippen LogP contribution in [-0.4, -0.2) is 7.11 Å². The van der Waals surface area contributed by atoms with E-state index >= 15 is 0 Å². The fourth-order valence-corrected chi connectivity index (χ4v) is 1.37. The van der Waals surface area contributed by atoms with Crippen molar-refractivity contribution in [2.24, 2.45) is 0 Å². The number of nitrogens with two attached hydrogens (primary N) is 1. The van der Waals surface area contributed by atoms with Gasteiger partial charge >= 0.3 is 0 Å². The van der Waals surface area contributed by atoms with E-state index in [2.05, 4.69) is 15.9 Å². The van der Waals surface area contributed by atoms with E-state index in [1.165, 1.54) is 0 Å². The van der Waals surface area contributed by atoms with Crippen LogP contribution in [0.1, 0.15) is 0 Å². The molecule has 0 unspecified atom stereocenters. The Kier molecular flexibility index (Phi) is 2.62. The number of ether oxygens (including phenoxy) is 1. The Morgan fingerprint density at radius 1 is 1.55 bits per heavy atom. The van der Waals surface area contributed by atoms with Crippen molar-refractivity contribution >= 4 is 33.2 Å². The normalized spacial score (nSPS) is 9.73. The summed E-state index contributed by atoms with van der Waals surface area (Å²) in [6, 6.07) is 3.49. The van der Waals surface area contributed by atoms with E-state index < -0.39 is 0 Å². The van der Waals surface area contributed by atoms with Crippen molar-refractivity contribution in [1.82, 2.24) is 0 Å². The number of hydrogen-bond donors (Lipinski definition) is 1. The van der Waals surface area contributed by atoms with E-state index in [1.54, 1.807) is 19.2 Å². The maximum absolute atomic E-state index is 5.79. The van der Waals surface area contributed by atoms with Gasteiger partial charge in [0.15, 0.2) is 0 Å². The smallest absolute Gasteiger partial charge is 0.140 e. The first-order valence-electron chi connectivity index (χ1n) is 2.93. The van der Waals surface area contributed by atoms with Gasteiger partial charge in [-0.25, -0.2) is 0 Å². The molecular formula is C7H7BrClNO. The fourth-order valence-electron chi connectivity index (χ4n) is 0.733. The Bertz CT molecular complexity index is 277. The summed E-state index contributed by atoms with van der Waals surface area (Å²) in [4.78, 5) is 0. The van der Waals surface area contributed by atoms with Gasteiger partial charge < -0.3 is 10.5 Å². The highest BCUT2D eigenvalue weighted by atomic mass is 79.9. The minimum atomic E-state index is 0.454. The van der Waals surface area contributed by atoms with E-state index in [0.29, 0.717) is 16.5 Å². The third-order valence-electron chi connectivity index (χ3n) is 1.25. The SMILES string of the molecule is COc1cc(Br)cc(N)c1Cl. The van der Waals surface area contributed by atoms with Gasteiger partial charge in [0.1, 0.15) is 10.8 Å². The molecule has 0 fully saturated rings. The quantitative estimate of drug-likeness (QED) is 0.761. The average Bonchev–Trinajstić information content (AvgIpc) is 1.96. The summed E-state index contributed by atoms with van der Waals surface area (Å²) in [5.74, 6) is 0.582. The molecule has 0 aliphatic heterocycles. The van der Waals surface area contributed by atoms with E-state index in [4.69, 9.17) is 22.1 Å². The van der Waals surface area contributed by atoms with Crippen LogP contribution in [0.3, 0.4) is 0 Å². The van der Waals surface area contributed by atoms with Crippen molar-refractivity contribution in [3.8, 4) is 5.75 Å².